The van der Waals surface area contributed by atoms with Gasteiger partial charge in [-0.15, -0.1) is 0 Å². The van der Waals surface area contributed by atoms with E-state index in [1.54, 1.807) is 18.5 Å². The fraction of sp³-hybridized carbons (Fsp3) is 0.333. The third kappa shape index (κ3) is 7.98. The van der Waals surface area contributed by atoms with Gasteiger partial charge in [-0.1, -0.05) is 54.6 Å². The van der Waals surface area contributed by atoms with Gasteiger partial charge in [-0.2, -0.15) is 0 Å². The zero-order valence-corrected chi connectivity index (χ0v) is 26.0. The lowest BCUT2D eigenvalue weighted by molar-refractivity contribution is 0.0490. The van der Waals surface area contributed by atoms with E-state index in [0.717, 1.165) is 40.4 Å². The number of allylic oxidation sites excluding steroid dienone is 1. The molecule has 1 heterocycles. The monoisotopic (exact) mass is 608 g/mol. The second-order valence-corrected chi connectivity index (χ2v) is 12.4. The molecule has 0 saturated heterocycles. The Morgan fingerprint density at radius 1 is 1.02 bits per heavy atom. The number of amides is 2. The van der Waals surface area contributed by atoms with Crippen molar-refractivity contribution < 1.29 is 24.2 Å². The van der Waals surface area contributed by atoms with Crippen LogP contribution in [0.4, 0.5) is 15.3 Å². The van der Waals surface area contributed by atoms with Crippen molar-refractivity contribution >= 4 is 41.3 Å². The molecule has 0 unspecified atom stereocenters. The van der Waals surface area contributed by atoms with Crippen molar-refractivity contribution in [3.8, 4) is 11.1 Å². The second-order valence-electron chi connectivity index (χ2n) is 12.4. The van der Waals surface area contributed by atoms with Crippen molar-refractivity contribution in [2.75, 3.05) is 4.90 Å². The van der Waals surface area contributed by atoms with Crippen LogP contribution in [0.5, 0.6) is 0 Å². The number of hydrogen-bond acceptors (Lipinski definition) is 5. The van der Waals surface area contributed by atoms with Gasteiger partial charge in [-0.05, 0) is 88.3 Å². The van der Waals surface area contributed by atoms with E-state index in [2.05, 4.69) is 20.9 Å². The van der Waals surface area contributed by atoms with E-state index < -0.39 is 17.8 Å². The minimum absolute atomic E-state index is 0.0608. The average molecular weight is 609 g/mol. The van der Waals surface area contributed by atoms with E-state index in [1.165, 1.54) is 4.90 Å². The summed E-state index contributed by atoms with van der Waals surface area (Å²) in [5.74, 6) is 0. The topological polar surface area (TPSA) is 114 Å². The molecule has 1 aliphatic rings. The number of fused-ring (bicyclic) bond motifs is 1. The molecule has 0 aliphatic heterocycles. The number of aryl methyl sites for hydroxylation is 1. The third-order valence-corrected chi connectivity index (χ3v) is 7.98. The summed E-state index contributed by atoms with van der Waals surface area (Å²) < 4.78 is 7.47. The van der Waals surface area contributed by atoms with E-state index in [1.807, 2.05) is 81.4 Å². The molecule has 9 heteroatoms. The van der Waals surface area contributed by atoms with Crippen LogP contribution >= 0.6 is 0 Å². The maximum Gasteiger partial charge on any atom is 0.412 e. The van der Waals surface area contributed by atoms with Gasteiger partial charge in [0.2, 0.25) is 0 Å². The van der Waals surface area contributed by atoms with Crippen molar-refractivity contribution in [3.05, 3.63) is 90.3 Å². The number of carboxylic acid groups (broad SMARTS) is 1. The number of alkyl carbamates (subject to hydrolysis) is 1. The molecule has 0 bridgehead atoms. The molecule has 2 amide bonds. The van der Waals surface area contributed by atoms with Crippen molar-refractivity contribution in [1.29, 1.82) is 0 Å². The highest BCUT2D eigenvalue weighted by atomic mass is 16.6. The van der Waals surface area contributed by atoms with E-state index in [9.17, 15) is 19.5 Å². The maximum atomic E-state index is 12.8. The smallest absolute Gasteiger partial charge is 0.412 e. The molecule has 9 nitrogen and oxygen atoms in total. The molecule has 234 valence electrons. The molecule has 1 aliphatic carbocycles. The normalized spacial score (nSPS) is 16.9. The number of nitrogens with one attached hydrogen (secondary N) is 1. The Hall–Kier alpha value is -4.92. The molecule has 2 N–H and O–H groups in total. The number of benzene rings is 3. The van der Waals surface area contributed by atoms with Crippen LogP contribution in [-0.4, -0.2) is 50.8 Å². The summed E-state index contributed by atoms with van der Waals surface area (Å²) in [7, 11) is 0. The van der Waals surface area contributed by atoms with Crippen LogP contribution in [0.15, 0.2) is 79.1 Å². The molecule has 3 aromatic carbocycles. The Labute approximate surface area is 263 Å². The number of aldehydes is 1. The molecule has 0 radical (unpaired) electrons. The number of nitrogens with zero attached hydrogens (tertiary/aromatic N) is 3. The minimum Gasteiger partial charge on any atom is -0.465 e. The van der Waals surface area contributed by atoms with E-state index >= 15 is 0 Å². The first-order valence-corrected chi connectivity index (χ1v) is 15.4. The zero-order valence-electron chi connectivity index (χ0n) is 26.0. The van der Waals surface area contributed by atoms with Gasteiger partial charge < -0.3 is 19.7 Å². The van der Waals surface area contributed by atoms with Gasteiger partial charge in [0.15, 0.2) is 0 Å². The van der Waals surface area contributed by atoms with Crippen LogP contribution in [0.2, 0.25) is 0 Å². The number of carbonyl (C=O) groups excluding carboxylic acids is 2. The number of aromatic nitrogens is 2. The lowest BCUT2D eigenvalue weighted by Crippen LogP contribution is -2.47. The molecule has 4 aromatic rings. The van der Waals surface area contributed by atoms with Crippen LogP contribution in [-0.2, 0) is 11.3 Å². The standard InChI is InChI=1S/C36H40N4O5/c1-36(2,3)45-34(42)38-28-14-16-29(17-15-28)40(35(43)44)33-22-25(12-18-30(33)27-10-5-4-6-11-27)9-7-8-20-39-24-37-31-21-26(23-41)13-19-32(31)39/h4-7,9-13,18-19,21-24,28-29H,8,14-17,20H2,1-3H3,(H,38,42)(H,43,44)/b9-7-. The van der Waals surface area contributed by atoms with Gasteiger partial charge in [-0.25, -0.2) is 14.6 Å². The van der Waals surface area contributed by atoms with E-state index in [-0.39, 0.29) is 12.1 Å². The van der Waals surface area contributed by atoms with Gasteiger partial charge >= 0.3 is 12.2 Å². The average Bonchev–Trinajstić information content (AvgIpc) is 3.41. The summed E-state index contributed by atoms with van der Waals surface area (Å²) in [6.45, 7) is 6.20. The first-order chi connectivity index (χ1) is 21.6. The van der Waals surface area contributed by atoms with Gasteiger partial charge in [0.05, 0.1) is 23.0 Å². The first kappa shape index (κ1) is 31.5. The fourth-order valence-corrected chi connectivity index (χ4v) is 5.89. The van der Waals surface area contributed by atoms with E-state index in [4.69, 9.17) is 4.74 Å². The number of imidazole rings is 1. The van der Waals surface area contributed by atoms with Gasteiger partial charge in [0.1, 0.15) is 11.9 Å². The summed E-state index contributed by atoms with van der Waals surface area (Å²) in [4.78, 5) is 42.2. The molecule has 1 saturated carbocycles. The molecule has 0 atom stereocenters. The fourth-order valence-electron chi connectivity index (χ4n) is 5.89. The predicted molar refractivity (Wildman–Crippen MR) is 177 cm³/mol. The van der Waals surface area contributed by atoms with Crippen molar-refractivity contribution in [3.63, 3.8) is 0 Å². The summed E-state index contributed by atoms with van der Waals surface area (Å²) in [5, 5.41) is 13.5. The Morgan fingerprint density at radius 3 is 2.44 bits per heavy atom. The van der Waals surface area contributed by atoms with Crippen LogP contribution in [0.3, 0.4) is 0 Å². The van der Waals surface area contributed by atoms with Gasteiger partial charge in [0.25, 0.3) is 0 Å². The minimum atomic E-state index is -0.999. The zero-order chi connectivity index (χ0) is 32.0. The molecular formula is C36H40N4O5. The van der Waals surface area contributed by atoms with E-state index in [0.29, 0.717) is 43.5 Å². The van der Waals surface area contributed by atoms with Crippen LogP contribution in [0, 0.1) is 0 Å². The number of rotatable bonds is 9. The summed E-state index contributed by atoms with van der Waals surface area (Å²) in [6.07, 6.45) is 8.55. The van der Waals surface area contributed by atoms with Crippen molar-refractivity contribution in [2.24, 2.45) is 0 Å². The molecule has 0 spiro atoms. The van der Waals surface area contributed by atoms with Crippen molar-refractivity contribution in [2.45, 2.75) is 77.1 Å². The van der Waals surface area contributed by atoms with Gasteiger partial charge in [0, 0.05) is 29.8 Å². The summed E-state index contributed by atoms with van der Waals surface area (Å²) >= 11 is 0. The SMILES string of the molecule is CC(C)(C)OC(=O)NC1CCC(N(C(=O)O)c2cc(/C=C\CCn3cnc4cc(C=O)ccc43)ccc2-c2ccccc2)CC1. The Kier molecular flexibility index (Phi) is 9.66. The Balaban J connectivity index is 1.33. The maximum absolute atomic E-state index is 12.8. The quantitative estimate of drug-likeness (QED) is 0.187. The molecule has 5 rings (SSSR count). The molecule has 1 fully saturated rings. The summed E-state index contributed by atoms with van der Waals surface area (Å²) in [5.41, 5.74) is 5.12. The van der Waals surface area contributed by atoms with Crippen LogP contribution in [0.25, 0.3) is 28.2 Å². The van der Waals surface area contributed by atoms with Gasteiger partial charge in [-0.3, -0.25) is 9.69 Å². The molecule has 1 aromatic heterocycles. The van der Waals surface area contributed by atoms with Crippen LogP contribution < -0.4 is 10.2 Å². The summed E-state index contributed by atoms with van der Waals surface area (Å²) in [6, 6.07) is 21.0. The lowest BCUT2D eigenvalue weighted by atomic mass is 9.89. The highest BCUT2D eigenvalue weighted by molar-refractivity contribution is 5.94. The highest BCUT2D eigenvalue weighted by Gasteiger charge is 2.32. The third-order valence-electron chi connectivity index (χ3n) is 7.98. The number of hydrogen-bond donors (Lipinski definition) is 2. The Bertz CT molecular complexity index is 1680. The number of carbonyl (C=O) groups is 3. The largest absolute Gasteiger partial charge is 0.465 e. The Morgan fingerprint density at radius 2 is 1.76 bits per heavy atom. The second kappa shape index (κ2) is 13.8. The highest BCUT2D eigenvalue weighted by Crippen LogP contribution is 2.36. The predicted octanol–water partition coefficient (Wildman–Crippen LogP) is 7.94. The van der Waals surface area contributed by atoms with Crippen molar-refractivity contribution in [1.82, 2.24) is 14.9 Å². The number of anilines is 1. The molecular weight excluding hydrogens is 568 g/mol. The molecule has 45 heavy (non-hydrogen) atoms. The first-order valence-electron chi connectivity index (χ1n) is 15.4. The lowest BCUT2D eigenvalue weighted by Gasteiger charge is -2.36. The number of ether oxygens (including phenoxy) is 1. The van der Waals surface area contributed by atoms with Crippen LogP contribution in [0.1, 0.15) is 68.8 Å².